The highest BCUT2D eigenvalue weighted by atomic mass is 127. The van der Waals surface area contributed by atoms with Crippen LogP contribution in [0.2, 0.25) is 0 Å². The summed E-state index contributed by atoms with van der Waals surface area (Å²) in [4.78, 5) is 23.0. The summed E-state index contributed by atoms with van der Waals surface area (Å²) in [5.74, 6) is -0.927. The molecule has 3 nitrogen and oxygen atoms in total. The molecule has 0 unspecified atom stereocenters. The summed E-state index contributed by atoms with van der Waals surface area (Å²) in [6, 6.07) is 7.70. The Bertz CT molecular complexity index is 439. The lowest BCUT2D eigenvalue weighted by atomic mass is 9.81. The predicted octanol–water partition coefficient (Wildman–Crippen LogP) is 3.29. The van der Waals surface area contributed by atoms with Crippen LogP contribution in [0.1, 0.15) is 32.3 Å². The van der Waals surface area contributed by atoms with E-state index < -0.39 is 11.4 Å². The van der Waals surface area contributed by atoms with E-state index in [4.69, 9.17) is 5.11 Å². The zero-order valence-corrected chi connectivity index (χ0v) is 12.7. The molecule has 0 radical (unpaired) electrons. The number of carbonyl (C=O) groups excluding carboxylic acids is 1. The van der Waals surface area contributed by atoms with Crippen LogP contribution in [0.25, 0.3) is 0 Å². The fourth-order valence-electron chi connectivity index (χ4n) is 1.68. The summed E-state index contributed by atoms with van der Waals surface area (Å²) in [7, 11) is 0. The number of hydrogen-bond acceptors (Lipinski definition) is 2. The molecule has 18 heavy (non-hydrogen) atoms. The molecule has 0 heterocycles. The molecule has 0 saturated carbocycles. The van der Waals surface area contributed by atoms with Gasteiger partial charge in [-0.15, -0.1) is 0 Å². The monoisotopic (exact) mass is 360 g/mol. The summed E-state index contributed by atoms with van der Waals surface area (Å²) in [5, 5.41) is 9.13. The standard InChI is InChI=1S/C14H17IO3/c1-3-14(2,13(17)18)9-12(16)8-10-4-6-11(15)7-5-10/h4-7H,3,8-9H2,1-2H3,(H,17,18)/t14-/m0/s1. The van der Waals surface area contributed by atoms with Crippen molar-refractivity contribution in [1.82, 2.24) is 0 Å². The molecule has 0 aliphatic carbocycles. The third-order valence-corrected chi connectivity index (χ3v) is 3.92. The Hall–Kier alpha value is -0.910. The number of aliphatic carboxylic acids is 1. The molecule has 98 valence electrons. The number of carboxylic acids is 1. The maximum absolute atomic E-state index is 11.9. The maximum Gasteiger partial charge on any atom is 0.309 e. The Balaban J connectivity index is 2.66. The van der Waals surface area contributed by atoms with Crippen LogP contribution in [0, 0.1) is 8.99 Å². The summed E-state index contributed by atoms with van der Waals surface area (Å²) in [6.45, 7) is 3.42. The topological polar surface area (TPSA) is 54.4 Å². The van der Waals surface area contributed by atoms with E-state index in [0.29, 0.717) is 12.8 Å². The first-order valence-corrected chi connectivity index (χ1v) is 6.95. The molecule has 1 aromatic carbocycles. The number of carbonyl (C=O) groups is 2. The fourth-order valence-corrected chi connectivity index (χ4v) is 2.04. The van der Waals surface area contributed by atoms with Crippen LogP contribution >= 0.6 is 22.6 Å². The van der Waals surface area contributed by atoms with E-state index >= 15 is 0 Å². The molecule has 0 bridgehead atoms. The first-order valence-electron chi connectivity index (χ1n) is 5.87. The van der Waals surface area contributed by atoms with Crippen LogP contribution in [-0.4, -0.2) is 16.9 Å². The normalized spacial score (nSPS) is 13.9. The third-order valence-electron chi connectivity index (χ3n) is 3.20. The molecule has 0 spiro atoms. The van der Waals surface area contributed by atoms with Gasteiger partial charge in [-0.05, 0) is 53.6 Å². The molecule has 1 aromatic rings. The Morgan fingerprint density at radius 1 is 1.28 bits per heavy atom. The van der Waals surface area contributed by atoms with Gasteiger partial charge >= 0.3 is 5.97 Å². The molecule has 4 heteroatoms. The highest BCUT2D eigenvalue weighted by Crippen LogP contribution is 2.27. The molecule has 1 atom stereocenters. The molecule has 1 rings (SSSR count). The van der Waals surface area contributed by atoms with Gasteiger partial charge in [-0.1, -0.05) is 19.1 Å². The largest absolute Gasteiger partial charge is 0.481 e. The van der Waals surface area contributed by atoms with E-state index in [1.807, 2.05) is 24.3 Å². The van der Waals surface area contributed by atoms with Gasteiger partial charge < -0.3 is 5.11 Å². The highest BCUT2D eigenvalue weighted by molar-refractivity contribution is 14.1. The SMILES string of the molecule is CC[C@@](C)(CC(=O)Cc1ccc(I)cc1)C(=O)O. The number of ketones is 1. The predicted molar refractivity (Wildman–Crippen MR) is 78.5 cm³/mol. The third kappa shape index (κ3) is 4.08. The van der Waals surface area contributed by atoms with Crippen molar-refractivity contribution in [2.45, 2.75) is 33.1 Å². The maximum atomic E-state index is 11.9. The van der Waals surface area contributed by atoms with Crippen molar-refractivity contribution in [3.63, 3.8) is 0 Å². The second kappa shape index (κ2) is 6.31. The molecule has 0 saturated heterocycles. The highest BCUT2D eigenvalue weighted by Gasteiger charge is 2.33. The van der Waals surface area contributed by atoms with Gasteiger partial charge in [-0.3, -0.25) is 9.59 Å². The molecule has 0 amide bonds. The van der Waals surface area contributed by atoms with Crippen molar-refractivity contribution >= 4 is 34.3 Å². The molecular weight excluding hydrogens is 343 g/mol. The minimum absolute atomic E-state index is 0.0250. The molecule has 0 aliphatic heterocycles. The lowest BCUT2D eigenvalue weighted by Crippen LogP contribution is -2.30. The van der Waals surface area contributed by atoms with Crippen molar-refractivity contribution in [3.8, 4) is 0 Å². The average Bonchev–Trinajstić information content (AvgIpc) is 2.31. The lowest BCUT2D eigenvalue weighted by molar-refractivity contribution is -0.150. The summed E-state index contributed by atoms with van der Waals surface area (Å²) in [6.07, 6.45) is 0.853. The number of Topliss-reactive ketones (excluding diaryl/α,β-unsaturated/α-hetero) is 1. The number of hydrogen-bond donors (Lipinski definition) is 1. The zero-order valence-electron chi connectivity index (χ0n) is 10.6. The van der Waals surface area contributed by atoms with E-state index in [1.165, 1.54) is 0 Å². The van der Waals surface area contributed by atoms with E-state index in [9.17, 15) is 9.59 Å². The van der Waals surface area contributed by atoms with Gasteiger partial charge in [0.15, 0.2) is 0 Å². The van der Waals surface area contributed by atoms with Gasteiger partial charge in [-0.25, -0.2) is 0 Å². The number of halogens is 1. The van der Waals surface area contributed by atoms with Crippen LogP contribution in [-0.2, 0) is 16.0 Å². The van der Waals surface area contributed by atoms with Crippen molar-refractivity contribution in [2.75, 3.05) is 0 Å². The molecule has 0 aliphatic rings. The fraction of sp³-hybridized carbons (Fsp3) is 0.429. The van der Waals surface area contributed by atoms with Crippen LogP contribution in [0.15, 0.2) is 24.3 Å². The molecule has 1 N–H and O–H groups in total. The van der Waals surface area contributed by atoms with Crippen molar-refractivity contribution < 1.29 is 14.7 Å². The Morgan fingerprint density at radius 2 is 1.83 bits per heavy atom. The summed E-state index contributed by atoms with van der Waals surface area (Å²) in [5.41, 5.74) is -0.00966. The first-order chi connectivity index (χ1) is 8.37. The van der Waals surface area contributed by atoms with Gasteiger partial charge in [-0.2, -0.15) is 0 Å². The van der Waals surface area contributed by atoms with Gasteiger partial charge in [0.1, 0.15) is 5.78 Å². The van der Waals surface area contributed by atoms with Gasteiger partial charge in [0.25, 0.3) is 0 Å². The van der Waals surface area contributed by atoms with E-state index in [-0.39, 0.29) is 12.2 Å². The Labute approximate surface area is 121 Å². The quantitative estimate of drug-likeness (QED) is 0.792. The van der Waals surface area contributed by atoms with Crippen molar-refractivity contribution in [1.29, 1.82) is 0 Å². The Kier molecular flexibility index (Phi) is 5.31. The zero-order chi connectivity index (χ0) is 13.8. The summed E-state index contributed by atoms with van der Waals surface area (Å²) >= 11 is 2.20. The van der Waals surface area contributed by atoms with Crippen LogP contribution in [0.4, 0.5) is 0 Å². The van der Waals surface area contributed by atoms with Gasteiger partial charge in [0.2, 0.25) is 0 Å². The average molecular weight is 360 g/mol. The first kappa shape index (κ1) is 15.1. The minimum atomic E-state index is -0.944. The van der Waals surface area contributed by atoms with Crippen LogP contribution in [0.5, 0.6) is 0 Å². The van der Waals surface area contributed by atoms with Crippen LogP contribution < -0.4 is 0 Å². The Morgan fingerprint density at radius 3 is 2.28 bits per heavy atom. The van der Waals surface area contributed by atoms with Crippen molar-refractivity contribution in [2.24, 2.45) is 5.41 Å². The smallest absolute Gasteiger partial charge is 0.309 e. The number of rotatable bonds is 6. The lowest BCUT2D eigenvalue weighted by Gasteiger charge is -2.21. The van der Waals surface area contributed by atoms with Gasteiger partial charge in [0.05, 0.1) is 5.41 Å². The van der Waals surface area contributed by atoms with Crippen molar-refractivity contribution in [3.05, 3.63) is 33.4 Å². The summed E-state index contributed by atoms with van der Waals surface area (Å²) < 4.78 is 1.12. The van der Waals surface area contributed by atoms with Gasteiger partial charge in [0, 0.05) is 16.4 Å². The van der Waals surface area contributed by atoms with E-state index in [1.54, 1.807) is 13.8 Å². The van der Waals surface area contributed by atoms with E-state index in [0.717, 1.165) is 9.13 Å². The second-order valence-corrected chi connectivity index (χ2v) is 5.98. The molecule has 0 fully saturated rings. The number of carboxylic acid groups (broad SMARTS) is 1. The number of benzene rings is 1. The molecule has 0 aromatic heterocycles. The minimum Gasteiger partial charge on any atom is -0.481 e. The van der Waals surface area contributed by atoms with Crippen LogP contribution in [0.3, 0.4) is 0 Å². The second-order valence-electron chi connectivity index (χ2n) is 4.74. The van der Waals surface area contributed by atoms with E-state index in [2.05, 4.69) is 22.6 Å². The molecular formula is C14H17IO3.